The first kappa shape index (κ1) is 22.9. The van der Waals surface area contributed by atoms with Crippen molar-refractivity contribution >= 4 is 17.7 Å². The van der Waals surface area contributed by atoms with Gasteiger partial charge in [-0.3, -0.25) is 19.7 Å². The van der Waals surface area contributed by atoms with Gasteiger partial charge in [-0.2, -0.15) is 0 Å². The van der Waals surface area contributed by atoms with Crippen molar-refractivity contribution in [2.45, 2.75) is 90.0 Å². The minimum atomic E-state index is -0.585. The molecule has 0 aromatic heterocycles. The van der Waals surface area contributed by atoms with Gasteiger partial charge in [0.25, 0.3) is 5.91 Å². The molecule has 174 valence electrons. The first-order valence-corrected chi connectivity index (χ1v) is 12.1. The van der Waals surface area contributed by atoms with Crippen LogP contribution in [0.2, 0.25) is 0 Å². The lowest BCUT2D eigenvalue weighted by Crippen LogP contribution is -2.52. The Morgan fingerprint density at radius 3 is 2.56 bits per heavy atom. The smallest absolute Gasteiger partial charge is 0.255 e. The molecule has 1 aliphatic carbocycles. The highest BCUT2D eigenvalue weighted by atomic mass is 16.2. The molecule has 0 radical (unpaired) electrons. The second-order valence-electron chi connectivity index (χ2n) is 9.97. The fourth-order valence-electron chi connectivity index (χ4n) is 5.57. The molecule has 32 heavy (non-hydrogen) atoms. The van der Waals surface area contributed by atoms with Gasteiger partial charge in [-0.25, -0.2) is 0 Å². The van der Waals surface area contributed by atoms with Crippen molar-refractivity contribution in [3.05, 3.63) is 34.9 Å². The third kappa shape index (κ3) is 4.59. The average molecular weight is 441 g/mol. The van der Waals surface area contributed by atoms with E-state index in [9.17, 15) is 14.4 Å². The van der Waals surface area contributed by atoms with Crippen LogP contribution in [0.25, 0.3) is 0 Å². The van der Waals surface area contributed by atoms with Gasteiger partial charge < -0.3 is 16.0 Å². The highest BCUT2D eigenvalue weighted by molar-refractivity contribution is 6.05. The Labute approximate surface area is 190 Å². The lowest BCUT2D eigenvalue weighted by Gasteiger charge is -2.37. The van der Waals surface area contributed by atoms with E-state index in [-0.39, 0.29) is 36.2 Å². The molecule has 7 heteroatoms. The van der Waals surface area contributed by atoms with Crippen LogP contribution in [0.3, 0.4) is 0 Å². The van der Waals surface area contributed by atoms with Gasteiger partial charge in [-0.1, -0.05) is 45.2 Å². The zero-order valence-corrected chi connectivity index (χ0v) is 19.2. The highest BCUT2D eigenvalue weighted by Gasteiger charge is 2.40. The third-order valence-corrected chi connectivity index (χ3v) is 7.55. The number of piperidine rings is 1. The topological polar surface area (TPSA) is 105 Å². The van der Waals surface area contributed by atoms with Crippen molar-refractivity contribution in [2.75, 3.05) is 0 Å². The summed E-state index contributed by atoms with van der Waals surface area (Å²) in [6.45, 7) is 5.42. The number of nitrogens with one attached hydrogen (secondary N) is 2. The number of carbonyl (C=O) groups excluding carboxylic acids is 3. The molecular formula is C25H36N4O3. The monoisotopic (exact) mass is 440 g/mol. The zero-order valence-electron chi connectivity index (χ0n) is 19.2. The number of nitrogens with zero attached hydrogens (tertiary/aromatic N) is 1. The van der Waals surface area contributed by atoms with Gasteiger partial charge in [0.15, 0.2) is 0 Å². The van der Waals surface area contributed by atoms with Crippen LogP contribution in [-0.2, 0) is 22.7 Å². The zero-order chi connectivity index (χ0) is 22.8. The van der Waals surface area contributed by atoms with Crippen LogP contribution >= 0.6 is 0 Å². The molecule has 4 rings (SSSR count). The number of hydrogen-bond donors (Lipinski definition) is 3. The molecule has 3 amide bonds. The standard InChI is InChI=1S/C25H36N4O3/c1-15(2)22(26)23(16-7-4-3-5-8-16)27-13-17-9-6-10-18-19(17)14-29(25(18)32)20-11-12-21(30)28-24(20)31/h6,9-10,15-16,20,22-23,27H,3-5,7-8,11-14,26H2,1-2H3,(H,28,30,31). The number of imide groups is 1. The summed E-state index contributed by atoms with van der Waals surface area (Å²) < 4.78 is 0. The summed E-state index contributed by atoms with van der Waals surface area (Å²) in [5, 5.41) is 6.13. The summed E-state index contributed by atoms with van der Waals surface area (Å²) in [4.78, 5) is 38.6. The molecule has 0 bridgehead atoms. The second kappa shape index (κ2) is 9.71. The Morgan fingerprint density at radius 1 is 1.12 bits per heavy atom. The SMILES string of the molecule is CC(C)C(N)C(NCc1cccc2c1CN(C1CCC(=O)NC1=O)C2=O)C1CCCCC1. The van der Waals surface area contributed by atoms with Gasteiger partial charge in [0.05, 0.1) is 0 Å². The van der Waals surface area contributed by atoms with Gasteiger partial charge in [-0.15, -0.1) is 0 Å². The van der Waals surface area contributed by atoms with E-state index in [0.717, 1.165) is 11.1 Å². The number of hydrogen-bond acceptors (Lipinski definition) is 5. The van der Waals surface area contributed by atoms with E-state index in [1.54, 1.807) is 4.90 Å². The minimum Gasteiger partial charge on any atom is -0.326 e. The van der Waals surface area contributed by atoms with Crippen molar-refractivity contribution in [3.63, 3.8) is 0 Å². The van der Waals surface area contributed by atoms with E-state index in [2.05, 4.69) is 30.5 Å². The first-order valence-electron chi connectivity index (χ1n) is 12.1. The summed E-state index contributed by atoms with van der Waals surface area (Å²) in [5.74, 6) is 0.206. The van der Waals surface area contributed by atoms with E-state index in [0.29, 0.717) is 36.9 Å². The highest BCUT2D eigenvalue weighted by Crippen LogP contribution is 2.32. The molecule has 1 saturated carbocycles. The minimum absolute atomic E-state index is 0.0801. The number of nitrogens with two attached hydrogens (primary N) is 1. The summed E-state index contributed by atoms with van der Waals surface area (Å²) in [6.07, 6.45) is 6.92. The van der Waals surface area contributed by atoms with Gasteiger partial charge in [0, 0.05) is 37.2 Å². The quantitative estimate of drug-likeness (QED) is 0.565. The Morgan fingerprint density at radius 2 is 1.88 bits per heavy atom. The van der Waals surface area contributed by atoms with E-state index < -0.39 is 6.04 Å². The maximum atomic E-state index is 13.1. The maximum absolute atomic E-state index is 13.1. The molecule has 3 unspecified atom stereocenters. The molecule has 2 fully saturated rings. The van der Waals surface area contributed by atoms with Crippen LogP contribution < -0.4 is 16.4 Å². The van der Waals surface area contributed by atoms with Gasteiger partial charge >= 0.3 is 0 Å². The predicted octanol–water partition coefficient (Wildman–Crippen LogP) is 2.47. The van der Waals surface area contributed by atoms with Crippen molar-refractivity contribution in [2.24, 2.45) is 17.6 Å². The largest absolute Gasteiger partial charge is 0.326 e. The van der Waals surface area contributed by atoms with Crippen molar-refractivity contribution in [1.29, 1.82) is 0 Å². The van der Waals surface area contributed by atoms with E-state index in [4.69, 9.17) is 5.73 Å². The molecule has 2 aliphatic heterocycles. The molecule has 1 aromatic rings. The fraction of sp³-hybridized carbons (Fsp3) is 0.640. The summed E-state index contributed by atoms with van der Waals surface area (Å²) in [7, 11) is 0. The summed E-state index contributed by atoms with van der Waals surface area (Å²) in [6, 6.07) is 5.56. The van der Waals surface area contributed by atoms with Crippen LogP contribution in [0.4, 0.5) is 0 Å². The van der Waals surface area contributed by atoms with Crippen LogP contribution in [-0.4, -0.2) is 40.7 Å². The van der Waals surface area contributed by atoms with Gasteiger partial charge in [0.1, 0.15) is 6.04 Å². The Hall–Kier alpha value is -2.25. The number of fused-ring (bicyclic) bond motifs is 1. The van der Waals surface area contributed by atoms with Crippen molar-refractivity contribution in [1.82, 2.24) is 15.5 Å². The van der Waals surface area contributed by atoms with Gasteiger partial charge in [0.2, 0.25) is 11.8 Å². The molecule has 7 nitrogen and oxygen atoms in total. The van der Waals surface area contributed by atoms with Gasteiger partial charge in [-0.05, 0) is 48.3 Å². The van der Waals surface area contributed by atoms with E-state index in [1.165, 1.54) is 32.1 Å². The Kier molecular flexibility index (Phi) is 6.96. The predicted molar refractivity (Wildman–Crippen MR) is 123 cm³/mol. The lowest BCUT2D eigenvalue weighted by molar-refractivity contribution is -0.136. The third-order valence-electron chi connectivity index (χ3n) is 7.55. The Bertz CT molecular complexity index is 878. The van der Waals surface area contributed by atoms with Crippen LogP contribution in [0.5, 0.6) is 0 Å². The molecule has 4 N–H and O–H groups in total. The van der Waals surface area contributed by atoms with Crippen molar-refractivity contribution < 1.29 is 14.4 Å². The number of benzene rings is 1. The Balaban J connectivity index is 1.50. The molecule has 1 saturated heterocycles. The van der Waals surface area contributed by atoms with Crippen molar-refractivity contribution in [3.8, 4) is 0 Å². The van der Waals surface area contributed by atoms with E-state index >= 15 is 0 Å². The molecule has 1 aromatic carbocycles. The molecule has 3 aliphatic rings. The normalized spacial score (nSPS) is 23.9. The second-order valence-corrected chi connectivity index (χ2v) is 9.97. The van der Waals surface area contributed by atoms with E-state index in [1.807, 2.05) is 12.1 Å². The average Bonchev–Trinajstić information content (AvgIpc) is 3.11. The van der Waals surface area contributed by atoms with Crippen LogP contribution in [0.15, 0.2) is 18.2 Å². The number of amides is 3. The summed E-state index contributed by atoms with van der Waals surface area (Å²) >= 11 is 0. The molecular weight excluding hydrogens is 404 g/mol. The molecule has 3 atom stereocenters. The molecule has 2 heterocycles. The lowest BCUT2D eigenvalue weighted by atomic mass is 9.78. The first-order chi connectivity index (χ1) is 15.4. The number of carbonyl (C=O) groups is 3. The number of rotatable bonds is 7. The fourth-order valence-corrected chi connectivity index (χ4v) is 5.57. The summed E-state index contributed by atoms with van der Waals surface area (Å²) in [5.41, 5.74) is 9.37. The maximum Gasteiger partial charge on any atom is 0.255 e. The molecule has 0 spiro atoms. The van der Waals surface area contributed by atoms with Crippen LogP contribution in [0, 0.1) is 11.8 Å². The van der Waals surface area contributed by atoms with Crippen LogP contribution in [0.1, 0.15) is 80.3 Å².